The molecule has 1 aliphatic carbocycles. The topological polar surface area (TPSA) is 17.1 Å². The number of allylic oxidation sites excluding steroid dienone is 2. The van der Waals surface area contributed by atoms with Crippen molar-refractivity contribution in [2.45, 2.75) is 59.8 Å². The van der Waals surface area contributed by atoms with E-state index in [1.807, 2.05) is 0 Å². The molecule has 0 aromatic rings. The van der Waals surface area contributed by atoms with Crippen molar-refractivity contribution in [1.82, 2.24) is 0 Å². The fourth-order valence-corrected chi connectivity index (χ4v) is 2.61. The van der Waals surface area contributed by atoms with Crippen molar-refractivity contribution in [1.29, 1.82) is 0 Å². The smallest absolute Gasteiger partial charge is 0.155 e. The molecule has 15 heavy (non-hydrogen) atoms. The van der Waals surface area contributed by atoms with Gasteiger partial charge in [0.1, 0.15) is 0 Å². The van der Waals surface area contributed by atoms with Gasteiger partial charge in [-0.15, -0.1) is 0 Å². The third kappa shape index (κ3) is 2.70. The first-order valence-electron chi connectivity index (χ1n) is 6.23. The molecule has 1 aliphatic rings. The Kier molecular flexibility index (Phi) is 4.12. The fraction of sp³-hybridized carbons (Fsp3) is 0.786. The zero-order valence-electron chi connectivity index (χ0n) is 10.6. The Labute approximate surface area is 93.9 Å². The quantitative estimate of drug-likeness (QED) is 0.679. The van der Waals surface area contributed by atoms with Crippen molar-refractivity contribution < 1.29 is 4.79 Å². The highest BCUT2D eigenvalue weighted by atomic mass is 16.1. The molecule has 1 heteroatoms. The lowest BCUT2D eigenvalue weighted by molar-refractivity contribution is -0.113. The lowest BCUT2D eigenvalue weighted by Gasteiger charge is -2.38. The molecular weight excluding hydrogens is 184 g/mol. The first-order chi connectivity index (χ1) is 7.03. The molecule has 0 saturated heterocycles. The third-order valence-electron chi connectivity index (χ3n) is 4.46. The van der Waals surface area contributed by atoms with Gasteiger partial charge in [0.2, 0.25) is 0 Å². The number of Topliss-reactive ketones (excluding diaryl/α,β-unsaturated/α-hetero) is 1. The van der Waals surface area contributed by atoms with E-state index in [9.17, 15) is 4.79 Å². The monoisotopic (exact) mass is 208 g/mol. The van der Waals surface area contributed by atoms with Crippen LogP contribution in [0.1, 0.15) is 59.8 Å². The maximum absolute atomic E-state index is 11.2. The minimum absolute atomic E-state index is 0.267. The molecule has 0 N–H and O–H groups in total. The number of carbonyl (C=O) groups is 1. The highest BCUT2D eigenvalue weighted by Crippen LogP contribution is 2.42. The first kappa shape index (κ1) is 12.5. The zero-order chi connectivity index (χ0) is 11.5. The van der Waals surface area contributed by atoms with Crippen LogP contribution < -0.4 is 0 Å². The molecular formula is C14H24O. The molecule has 0 bridgehead atoms. The molecule has 1 nitrogen and oxygen atoms in total. The van der Waals surface area contributed by atoms with Crippen molar-refractivity contribution in [3.8, 4) is 0 Å². The summed E-state index contributed by atoms with van der Waals surface area (Å²) < 4.78 is 0. The lowest BCUT2D eigenvalue weighted by Crippen LogP contribution is -2.28. The summed E-state index contributed by atoms with van der Waals surface area (Å²) in [4.78, 5) is 11.2. The minimum Gasteiger partial charge on any atom is -0.295 e. The zero-order valence-corrected chi connectivity index (χ0v) is 10.6. The van der Waals surface area contributed by atoms with Crippen LogP contribution in [-0.4, -0.2) is 5.78 Å². The van der Waals surface area contributed by atoms with Crippen molar-refractivity contribution in [2.75, 3.05) is 0 Å². The number of hydrogen-bond donors (Lipinski definition) is 0. The molecule has 0 radical (unpaired) electrons. The molecule has 0 aliphatic heterocycles. The van der Waals surface area contributed by atoms with Gasteiger partial charge in [0.05, 0.1) is 0 Å². The van der Waals surface area contributed by atoms with Gasteiger partial charge in [-0.1, -0.05) is 39.7 Å². The van der Waals surface area contributed by atoms with Gasteiger partial charge in [-0.2, -0.15) is 0 Å². The molecule has 0 saturated carbocycles. The van der Waals surface area contributed by atoms with Crippen LogP contribution in [0.3, 0.4) is 0 Å². The standard InChI is InChI=1S/C14H24O/c1-5-14(4,6-2)13-9-7-12(8-10-13)11(3)15/h7,13H,5-6,8-10H2,1-4H3. The van der Waals surface area contributed by atoms with Crippen molar-refractivity contribution >= 4 is 5.78 Å². The van der Waals surface area contributed by atoms with E-state index in [2.05, 4.69) is 26.8 Å². The maximum atomic E-state index is 11.2. The molecule has 1 rings (SSSR count). The Hall–Kier alpha value is -0.590. The van der Waals surface area contributed by atoms with E-state index in [4.69, 9.17) is 0 Å². The molecule has 0 aromatic carbocycles. The van der Waals surface area contributed by atoms with Gasteiger partial charge in [-0.05, 0) is 43.1 Å². The molecule has 86 valence electrons. The normalized spacial score (nSPS) is 22.4. The predicted octanol–water partition coefficient (Wildman–Crippen LogP) is 4.13. The largest absolute Gasteiger partial charge is 0.295 e. The summed E-state index contributed by atoms with van der Waals surface area (Å²) in [5.74, 6) is 1.04. The van der Waals surface area contributed by atoms with E-state index in [0.717, 1.165) is 24.3 Å². The number of rotatable bonds is 4. The SMILES string of the molecule is CCC(C)(CC)C1CC=C(C(C)=O)CC1. The molecule has 1 atom stereocenters. The van der Waals surface area contributed by atoms with E-state index >= 15 is 0 Å². The predicted molar refractivity (Wildman–Crippen MR) is 64.8 cm³/mol. The number of ketones is 1. The fourth-order valence-electron chi connectivity index (χ4n) is 2.61. The Morgan fingerprint density at radius 2 is 2.07 bits per heavy atom. The second-order valence-electron chi connectivity index (χ2n) is 5.12. The van der Waals surface area contributed by atoms with E-state index in [1.54, 1.807) is 6.92 Å². The average molecular weight is 208 g/mol. The van der Waals surface area contributed by atoms with Gasteiger partial charge < -0.3 is 0 Å². The van der Waals surface area contributed by atoms with Gasteiger partial charge in [-0.3, -0.25) is 4.79 Å². The van der Waals surface area contributed by atoms with E-state index in [0.29, 0.717) is 5.41 Å². The summed E-state index contributed by atoms with van der Waals surface area (Å²) in [6.07, 6.45) is 7.97. The average Bonchev–Trinajstić information content (AvgIpc) is 2.28. The van der Waals surface area contributed by atoms with Crippen LogP contribution in [0, 0.1) is 11.3 Å². The van der Waals surface area contributed by atoms with E-state index in [-0.39, 0.29) is 5.78 Å². The highest BCUT2D eigenvalue weighted by molar-refractivity contribution is 5.93. The van der Waals surface area contributed by atoms with Crippen LogP contribution in [0.4, 0.5) is 0 Å². The summed E-state index contributed by atoms with van der Waals surface area (Å²) in [6, 6.07) is 0. The highest BCUT2D eigenvalue weighted by Gasteiger charge is 2.31. The summed E-state index contributed by atoms with van der Waals surface area (Å²) in [5, 5.41) is 0. The van der Waals surface area contributed by atoms with Gasteiger partial charge >= 0.3 is 0 Å². The molecule has 0 heterocycles. The van der Waals surface area contributed by atoms with Crippen molar-refractivity contribution in [3.63, 3.8) is 0 Å². The Balaban J connectivity index is 2.68. The van der Waals surface area contributed by atoms with E-state index < -0.39 is 0 Å². The number of carbonyl (C=O) groups excluding carboxylic acids is 1. The number of hydrogen-bond acceptors (Lipinski definition) is 1. The van der Waals surface area contributed by atoms with Crippen molar-refractivity contribution in [2.24, 2.45) is 11.3 Å². The van der Waals surface area contributed by atoms with Crippen LogP contribution in [0.5, 0.6) is 0 Å². The summed E-state index contributed by atoms with van der Waals surface area (Å²) in [6.45, 7) is 8.65. The van der Waals surface area contributed by atoms with Crippen LogP contribution in [-0.2, 0) is 4.79 Å². The summed E-state index contributed by atoms with van der Waals surface area (Å²) in [5.41, 5.74) is 1.53. The third-order valence-corrected chi connectivity index (χ3v) is 4.46. The van der Waals surface area contributed by atoms with Crippen LogP contribution >= 0.6 is 0 Å². The molecule has 0 spiro atoms. The molecule has 0 fully saturated rings. The summed E-state index contributed by atoms with van der Waals surface area (Å²) >= 11 is 0. The minimum atomic E-state index is 0.267. The van der Waals surface area contributed by atoms with Crippen molar-refractivity contribution in [3.05, 3.63) is 11.6 Å². The van der Waals surface area contributed by atoms with Gasteiger partial charge in [0, 0.05) is 0 Å². The van der Waals surface area contributed by atoms with Gasteiger partial charge in [0.15, 0.2) is 5.78 Å². The second kappa shape index (κ2) is 4.96. The lowest BCUT2D eigenvalue weighted by atomic mass is 9.67. The molecule has 0 amide bonds. The van der Waals surface area contributed by atoms with E-state index in [1.165, 1.54) is 19.3 Å². The second-order valence-corrected chi connectivity index (χ2v) is 5.12. The Morgan fingerprint density at radius 1 is 1.47 bits per heavy atom. The molecule has 0 aromatic heterocycles. The Bertz CT molecular complexity index is 259. The van der Waals surface area contributed by atoms with Crippen LogP contribution in [0.2, 0.25) is 0 Å². The first-order valence-corrected chi connectivity index (χ1v) is 6.23. The van der Waals surface area contributed by atoms with Gasteiger partial charge in [0.25, 0.3) is 0 Å². The Morgan fingerprint density at radius 3 is 2.40 bits per heavy atom. The van der Waals surface area contributed by atoms with Crippen LogP contribution in [0.25, 0.3) is 0 Å². The van der Waals surface area contributed by atoms with Crippen LogP contribution in [0.15, 0.2) is 11.6 Å². The molecule has 1 unspecified atom stereocenters. The van der Waals surface area contributed by atoms with Gasteiger partial charge in [-0.25, -0.2) is 0 Å². The maximum Gasteiger partial charge on any atom is 0.155 e. The summed E-state index contributed by atoms with van der Waals surface area (Å²) in [7, 11) is 0.